The van der Waals surface area contributed by atoms with Gasteiger partial charge >= 0.3 is 5.97 Å². The Hall–Kier alpha value is -0.730. The Morgan fingerprint density at radius 1 is 1.50 bits per heavy atom. The Bertz CT molecular complexity index is 361. The van der Waals surface area contributed by atoms with Crippen molar-refractivity contribution in [3.63, 3.8) is 0 Å². The second-order valence-electron chi connectivity index (χ2n) is 2.91. The van der Waals surface area contributed by atoms with Crippen LogP contribution in [-0.4, -0.2) is 13.1 Å². The van der Waals surface area contributed by atoms with Gasteiger partial charge in [-0.05, 0) is 24.1 Å². The van der Waals surface area contributed by atoms with E-state index in [-0.39, 0.29) is 5.88 Å². The molecule has 76 valence electrons. The van der Waals surface area contributed by atoms with Crippen molar-refractivity contribution in [1.29, 1.82) is 0 Å². The monoisotopic (exact) mass is 232 g/mol. The zero-order valence-corrected chi connectivity index (χ0v) is 9.45. The summed E-state index contributed by atoms with van der Waals surface area (Å²) in [5.41, 5.74) is 2.02. The fourth-order valence-corrected chi connectivity index (χ4v) is 1.83. The van der Waals surface area contributed by atoms with Gasteiger partial charge in [0.1, 0.15) is 0 Å². The van der Waals surface area contributed by atoms with E-state index in [1.54, 1.807) is 6.07 Å². The number of halogens is 2. The van der Waals surface area contributed by atoms with Gasteiger partial charge in [-0.25, -0.2) is 4.79 Å². The van der Waals surface area contributed by atoms with E-state index in [1.807, 2.05) is 13.0 Å². The molecule has 14 heavy (non-hydrogen) atoms. The summed E-state index contributed by atoms with van der Waals surface area (Å²) >= 11 is 11.6. The smallest absolute Gasteiger partial charge is 0.339 e. The molecule has 1 aromatic rings. The highest BCUT2D eigenvalue weighted by Crippen LogP contribution is 2.24. The Morgan fingerprint density at radius 3 is 2.64 bits per heavy atom. The van der Waals surface area contributed by atoms with Crippen molar-refractivity contribution in [2.75, 3.05) is 7.11 Å². The van der Waals surface area contributed by atoms with E-state index in [0.29, 0.717) is 16.1 Å². The van der Waals surface area contributed by atoms with Crippen LogP contribution in [0.25, 0.3) is 0 Å². The normalized spacial score (nSPS) is 10.0. The van der Waals surface area contributed by atoms with E-state index >= 15 is 0 Å². The van der Waals surface area contributed by atoms with Gasteiger partial charge in [-0.3, -0.25) is 0 Å². The van der Waals surface area contributed by atoms with Crippen molar-refractivity contribution in [2.24, 2.45) is 0 Å². The molecule has 0 saturated carbocycles. The summed E-state index contributed by atoms with van der Waals surface area (Å²) in [6.45, 7) is 1.89. The van der Waals surface area contributed by atoms with Gasteiger partial charge in [-0.15, -0.1) is 11.6 Å². The van der Waals surface area contributed by atoms with Crippen LogP contribution in [0.4, 0.5) is 0 Å². The van der Waals surface area contributed by atoms with Crippen LogP contribution in [0.15, 0.2) is 12.1 Å². The van der Waals surface area contributed by atoms with Crippen molar-refractivity contribution < 1.29 is 9.53 Å². The van der Waals surface area contributed by atoms with Crippen LogP contribution in [0, 0.1) is 6.92 Å². The highest BCUT2D eigenvalue weighted by molar-refractivity contribution is 6.34. The number of ether oxygens (including phenoxy) is 1. The Kier molecular flexibility index (Phi) is 3.78. The molecule has 1 rings (SSSR count). The molecule has 0 heterocycles. The minimum atomic E-state index is -0.453. The number of hydrogen-bond donors (Lipinski definition) is 0. The first kappa shape index (κ1) is 11.3. The molecule has 0 radical (unpaired) electrons. The van der Waals surface area contributed by atoms with Crippen LogP contribution >= 0.6 is 23.2 Å². The van der Waals surface area contributed by atoms with Gasteiger partial charge < -0.3 is 4.74 Å². The van der Waals surface area contributed by atoms with Crippen molar-refractivity contribution in [3.05, 3.63) is 33.8 Å². The van der Waals surface area contributed by atoms with Crippen LogP contribution in [0.2, 0.25) is 5.02 Å². The van der Waals surface area contributed by atoms with Gasteiger partial charge in [0.25, 0.3) is 0 Å². The molecular weight excluding hydrogens is 223 g/mol. The molecule has 4 heteroatoms. The zero-order valence-electron chi connectivity index (χ0n) is 7.93. The summed E-state index contributed by atoms with van der Waals surface area (Å²) < 4.78 is 4.62. The van der Waals surface area contributed by atoms with Gasteiger partial charge in [0.15, 0.2) is 0 Å². The Balaban J connectivity index is 3.32. The highest BCUT2D eigenvalue weighted by atomic mass is 35.5. The number of alkyl halides is 1. The number of hydrogen-bond acceptors (Lipinski definition) is 2. The van der Waals surface area contributed by atoms with E-state index in [1.165, 1.54) is 7.11 Å². The molecule has 0 saturated heterocycles. The van der Waals surface area contributed by atoms with Crippen molar-refractivity contribution in [2.45, 2.75) is 12.8 Å². The minimum absolute atomic E-state index is 0.242. The third-order valence-electron chi connectivity index (χ3n) is 1.85. The predicted octanol–water partition coefficient (Wildman–Crippen LogP) is 3.17. The number of rotatable bonds is 2. The SMILES string of the molecule is COC(=O)c1c(Cl)cc(C)cc1CCl. The first-order chi connectivity index (χ1) is 6.60. The lowest BCUT2D eigenvalue weighted by Crippen LogP contribution is -2.06. The van der Waals surface area contributed by atoms with E-state index in [9.17, 15) is 4.79 Å². The number of benzene rings is 1. The molecule has 0 unspecified atom stereocenters. The average Bonchev–Trinajstić information content (AvgIpc) is 2.15. The molecule has 0 amide bonds. The molecule has 0 aliphatic rings. The molecule has 0 N–H and O–H groups in total. The Labute approximate surface area is 92.8 Å². The molecule has 0 spiro atoms. The summed E-state index contributed by atoms with van der Waals surface area (Å²) in [6, 6.07) is 3.54. The molecule has 1 aromatic carbocycles. The van der Waals surface area contributed by atoms with E-state index in [2.05, 4.69) is 4.74 Å². The summed E-state index contributed by atoms with van der Waals surface area (Å²) in [7, 11) is 1.32. The number of methoxy groups -OCH3 is 1. The molecular formula is C10H10Cl2O2. The number of aryl methyl sites for hydroxylation is 1. The van der Waals surface area contributed by atoms with E-state index in [0.717, 1.165) is 5.56 Å². The molecule has 0 fully saturated rings. The predicted molar refractivity (Wildman–Crippen MR) is 57.1 cm³/mol. The van der Waals surface area contributed by atoms with E-state index in [4.69, 9.17) is 23.2 Å². The molecule has 2 nitrogen and oxygen atoms in total. The first-order valence-electron chi connectivity index (χ1n) is 4.03. The largest absolute Gasteiger partial charge is 0.465 e. The maximum atomic E-state index is 11.4. The van der Waals surface area contributed by atoms with Crippen molar-refractivity contribution >= 4 is 29.2 Å². The second kappa shape index (κ2) is 4.67. The van der Waals surface area contributed by atoms with Gasteiger partial charge in [-0.1, -0.05) is 17.7 Å². The summed E-state index contributed by atoms with van der Waals surface area (Å²) in [5, 5.41) is 0.382. The van der Waals surface area contributed by atoms with Crippen LogP contribution in [-0.2, 0) is 10.6 Å². The van der Waals surface area contributed by atoms with Gasteiger partial charge in [0.2, 0.25) is 0 Å². The lowest BCUT2D eigenvalue weighted by molar-refractivity contribution is 0.0600. The lowest BCUT2D eigenvalue weighted by Gasteiger charge is -2.08. The topological polar surface area (TPSA) is 26.3 Å². The molecule has 0 aliphatic heterocycles. The van der Waals surface area contributed by atoms with E-state index < -0.39 is 5.97 Å². The summed E-state index contributed by atoms with van der Waals surface area (Å²) in [4.78, 5) is 11.4. The first-order valence-corrected chi connectivity index (χ1v) is 4.94. The maximum Gasteiger partial charge on any atom is 0.339 e. The van der Waals surface area contributed by atoms with Crippen LogP contribution in [0.5, 0.6) is 0 Å². The van der Waals surface area contributed by atoms with Crippen molar-refractivity contribution in [3.8, 4) is 0 Å². The number of carbonyl (C=O) groups excluding carboxylic acids is 1. The molecule has 0 atom stereocenters. The van der Waals surface area contributed by atoms with Crippen LogP contribution in [0.3, 0.4) is 0 Å². The van der Waals surface area contributed by atoms with Gasteiger partial charge in [0, 0.05) is 5.88 Å². The van der Waals surface area contributed by atoms with Crippen LogP contribution in [0.1, 0.15) is 21.5 Å². The number of carbonyl (C=O) groups is 1. The standard InChI is InChI=1S/C10H10Cl2O2/c1-6-3-7(5-11)9(8(12)4-6)10(13)14-2/h3-4H,5H2,1-2H3. The molecule has 0 aliphatic carbocycles. The average molecular weight is 233 g/mol. The summed E-state index contributed by atoms with van der Waals surface area (Å²) in [6.07, 6.45) is 0. The number of esters is 1. The lowest BCUT2D eigenvalue weighted by atomic mass is 10.1. The summed E-state index contributed by atoms with van der Waals surface area (Å²) in [5.74, 6) is -0.211. The quantitative estimate of drug-likeness (QED) is 0.579. The fourth-order valence-electron chi connectivity index (χ4n) is 1.25. The molecule has 0 aromatic heterocycles. The Morgan fingerprint density at radius 2 is 2.14 bits per heavy atom. The minimum Gasteiger partial charge on any atom is -0.465 e. The maximum absolute atomic E-state index is 11.4. The third kappa shape index (κ3) is 2.20. The zero-order chi connectivity index (χ0) is 10.7. The highest BCUT2D eigenvalue weighted by Gasteiger charge is 2.15. The van der Waals surface area contributed by atoms with Crippen molar-refractivity contribution in [1.82, 2.24) is 0 Å². The van der Waals surface area contributed by atoms with Gasteiger partial charge in [0.05, 0.1) is 17.7 Å². The van der Waals surface area contributed by atoms with Gasteiger partial charge in [-0.2, -0.15) is 0 Å². The third-order valence-corrected chi connectivity index (χ3v) is 2.44. The molecule has 0 bridgehead atoms. The van der Waals surface area contributed by atoms with Crippen LogP contribution < -0.4 is 0 Å². The second-order valence-corrected chi connectivity index (χ2v) is 3.58. The fraction of sp³-hybridized carbons (Fsp3) is 0.300.